The maximum absolute atomic E-state index is 13.0. The second-order valence-corrected chi connectivity index (χ2v) is 9.78. The van der Waals surface area contributed by atoms with Crippen molar-refractivity contribution in [3.63, 3.8) is 0 Å². The fourth-order valence-electron chi connectivity index (χ4n) is 3.74. The number of hydrogen-bond acceptors (Lipinski definition) is 3. The molecule has 31 heavy (non-hydrogen) atoms. The monoisotopic (exact) mass is 436 g/mol. The van der Waals surface area contributed by atoms with E-state index in [2.05, 4.69) is 40.8 Å². The van der Waals surface area contributed by atoms with Gasteiger partial charge in [-0.3, -0.25) is 4.90 Å². The van der Waals surface area contributed by atoms with Crippen LogP contribution >= 0.6 is 0 Å². The highest BCUT2D eigenvalue weighted by molar-refractivity contribution is 7.89. The third-order valence-corrected chi connectivity index (χ3v) is 7.20. The van der Waals surface area contributed by atoms with E-state index in [1.807, 2.05) is 62.4 Å². The second kappa shape index (κ2) is 10.7. The van der Waals surface area contributed by atoms with Crippen molar-refractivity contribution in [1.29, 1.82) is 0 Å². The molecule has 0 radical (unpaired) electrons. The topological polar surface area (TPSA) is 49.4 Å². The maximum atomic E-state index is 13.0. The lowest BCUT2D eigenvalue weighted by molar-refractivity contribution is 0.158. The smallest absolute Gasteiger partial charge is 0.240 e. The number of sulfonamides is 1. The van der Waals surface area contributed by atoms with Crippen LogP contribution in [-0.4, -0.2) is 25.4 Å². The Morgan fingerprint density at radius 2 is 1.29 bits per heavy atom. The highest BCUT2D eigenvalue weighted by atomic mass is 32.2. The molecule has 3 rings (SSSR count). The van der Waals surface area contributed by atoms with Crippen LogP contribution in [0.15, 0.2) is 89.8 Å². The van der Waals surface area contributed by atoms with Gasteiger partial charge in [-0.25, -0.2) is 13.1 Å². The Morgan fingerprint density at radius 1 is 0.806 bits per heavy atom. The quantitative estimate of drug-likeness (QED) is 0.479. The van der Waals surface area contributed by atoms with Crippen LogP contribution in [0.3, 0.4) is 0 Å². The number of aryl methyl sites for hydroxylation is 1. The van der Waals surface area contributed by atoms with E-state index in [9.17, 15) is 8.42 Å². The first-order valence-electron chi connectivity index (χ1n) is 10.8. The first-order valence-corrected chi connectivity index (χ1v) is 12.3. The van der Waals surface area contributed by atoms with Crippen molar-refractivity contribution in [1.82, 2.24) is 9.62 Å². The number of nitrogens with one attached hydrogen (secondary N) is 1. The van der Waals surface area contributed by atoms with E-state index < -0.39 is 10.0 Å². The van der Waals surface area contributed by atoms with Gasteiger partial charge < -0.3 is 0 Å². The molecule has 5 heteroatoms. The third-order valence-electron chi connectivity index (χ3n) is 5.69. The van der Waals surface area contributed by atoms with Crippen molar-refractivity contribution >= 4 is 10.0 Å². The Kier molecular flexibility index (Phi) is 8.02. The minimum Gasteiger partial charge on any atom is -0.291 e. The largest absolute Gasteiger partial charge is 0.291 e. The van der Waals surface area contributed by atoms with Gasteiger partial charge in [-0.15, -0.1) is 0 Å². The summed E-state index contributed by atoms with van der Waals surface area (Å²) in [6.45, 7) is 7.59. The predicted octanol–water partition coefficient (Wildman–Crippen LogP) is 5.14. The summed E-state index contributed by atoms with van der Waals surface area (Å²) in [6.07, 6.45) is 0.701. The molecule has 0 saturated carbocycles. The Bertz CT molecular complexity index is 994. The Balaban J connectivity index is 1.82. The van der Waals surface area contributed by atoms with E-state index in [0.717, 1.165) is 18.7 Å². The van der Waals surface area contributed by atoms with Crippen LogP contribution in [0.4, 0.5) is 0 Å². The predicted molar refractivity (Wildman–Crippen MR) is 127 cm³/mol. The zero-order chi connectivity index (χ0) is 22.3. The first kappa shape index (κ1) is 23.2. The van der Waals surface area contributed by atoms with Crippen LogP contribution in [0.2, 0.25) is 0 Å². The molecule has 0 saturated heterocycles. The lowest BCUT2D eigenvalue weighted by Gasteiger charge is -2.35. The van der Waals surface area contributed by atoms with E-state index in [1.54, 1.807) is 12.1 Å². The molecule has 2 atom stereocenters. The normalized spacial score (nSPS) is 13.8. The Hall–Kier alpha value is -2.47. The highest BCUT2D eigenvalue weighted by Gasteiger charge is 2.27. The average molecular weight is 437 g/mol. The lowest BCUT2D eigenvalue weighted by Crippen LogP contribution is -2.49. The molecular weight excluding hydrogens is 404 g/mol. The van der Waals surface area contributed by atoms with Crippen LogP contribution in [0, 0.1) is 6.92 Å². The standard InChI is InChI=1S/C26H32N2O2S/c1-4-26(27-31(29,30)25-17-15-21(2)16-18-25)22(3)28(19-23-11-7-5-8-12-23)20-24-13-9-6-10-14-24/h5-18,22,26-27H,4,19-20H2,1-3H3/t22-,26+/m0/s1. The summed E-state index contributed by atoms with van der Waals surface area (Å²) in [5, 5.41) is 0. The molecule has 4 nitrogen and oxygen atoms in total. The minimum atomic E-state index is -3.59. The van der Waals surface area contributed by atoms with E-state index in [1.165, 1.54) is 11.1 Å². The van der Waals surface area contributed by atoms with E-state index in [4.69, 9.17) is 0 Å². The van der Waals surface area contributed by atoms with Crippen LogP contribution in [-0.2, 0) is 23.1 Å². The molecule has 0 bridgehead atoms. The molecule has 0 amide bonds. The molecule has 164 valence electrons. The number of benzene rings is 3. The van der Waals surface area contributed by atoms with Gasteiger partial charge in [0.15, 0.2) is 0 Å². The Morgan fingerprint density at radius 3 is 1.74 bits per heavy atom. The van der Waals surface area contributed by atoms with Crippen molar-refractivity contribution in [2.24, 2.45) is 0 Å². The molecule has 3 aromatic rings. The molecule has 0 aromatic heterocycles. The average Bonchev–Trinajstić information content (AvgIpc) is 2.78. The minimum absolute atomic E-state index is 0.00522. The molecule has 0 spiro atoms. The van der Waals surface area contributed by atoms with Crippen molar-refractivity contribution < 1.29 is 8.42 Å². The van der Waals surface area contributed by atoms with Gasteiger partial charge in [0.25, 0.3) is 0 Å². The Labute approximate surface area is 187 Å². The third kappa shape index (κ3) is 6.50. The van der Waals surface area contributed by atoms with Gasteiger partial charge in [-0.1, -0.05) is 85.3 Å². The van der Waals surface area contributed by atoms with Crippen molar-refractivity contribution in [2.75, 3.05) is 0 Å². The fraction of sp³-hybridized carbons (Fsp3) is 0.308. The van der Waals surface area contributed by atoms with Gasteiger partial charge in [0.05, 0.1) is 4.90 Å². The van der Waals surface area contributed by atoms with E-state index in [0.29, 0.717) is 11.3 Å². The zero-order valence-corrected chi connectivity index (χ0v) is 19.3. The van der Waals surface area contributed by atoms with Crippen molar-refractivity contribution in [3.05, 3.63) is 102 Å². The second-order valence-electron chi connectivity index (χ2n) is 8.07. The summed E-state index contributed by atoms with van der Waals surface area (Å²) in [5.74, 6) is 0. The van der Waals surface area contributed by atoms with Crippen molar-refractivity contribution in [2.45, 2.75) is 57.3 Å². The van der Waals surface area contributed by atoms with Crippen LogP contribution in [0.5, 0.6) is 0 Å². The molecule has 0 unspecified atom stereocenters. The summed E-state index contributed by atoms with van der Waals surface area (Å²) < 4.78 is 29.0. The lowest BCUT2D eigenvalue weighted by atomic mass is 10.0. The molecule has 0 aliphatic carbocycles. The first-order chi connectivity index (χ1) is 14.9. The molecule has 1 N–H and O–H groups in total. The molecule has 0 aliphatic heterocycles. The van der Waals surface area contributed by atoms with Gasteiger partial charge in [-0.2, -0.15) is 0 Å². The van der Waals surface area contributed by atoms with Gasteiger partial charge in [0, 0.05) is 25.2 Å². The SMILES string of the molecule is CC[C@@H](NS(=O)(=O)c1ccc(C)cc1)[C@H](C)N(Cc1ccccc1)Cc1ccccc1. The number of rotatable bonds is 10. The summed E-state index contributed by atoms with van der Waals surface area (Å²) >= 11 is 0. The highest BCUT2D eigenvalue weighted by Crippen LogP contribution is 2.19. The van der Waals surface area contributed by atoms with Gasteiger partial charge in [-0.05, 0) is 43.5 Å². The van der Waals surface area contributed by atoms with Crippen LogP contribution in [0.25, 0.3) is 0 Å². The fourth-order valence-corrected chi connectivity index (χ4v) is 5.13. The summed E-state index contributed by atoms with van der Waals surface area (Å²) in [5.41, 5.74) is 3.46. The zero-order valence-electron chi connectivity index (χ0n) is 18.5. The maximum Gasteiger partial charge on any atom is 0.240 e. The molecule has 0 heterocycles. The molecule has 0 fully saturated rings. The van der Waals surface area contributed by atoms with Gasteiger partial charge in [0.1, 0.15) is 0 Å². The summed E-state index contributed by atoms with van der Waals surface area (Å²) in [4.78, 5) is 2.65. The summed E-state index contributed by atoms with van der Waals surface area (Å²) in [7, 11) is -3.59. The molecule has 0 aliphatic rings. The molecule has 3 aromatic carbocycles. The van der Waals surface area contributed by atoms with Gasteiger partial charge >= 0.3 is 0 Å². The van der Waals surface area contributed by atoms with Gasteiger partial charge in [0.2, 0.25) is 10.0 Å². The van der Waals surface area contributed by atoms with E-state index >= 15 is 0 Å². The molecular formula is C26H32N2O2S. The van der Waals surface area contributed by atoms with Crippen LogP contribution < -0.4 is 4.72 Å². The van der Waals surface area contributed by atoms with E-state index in [-0.39, 0.29) is 12.1 Å². The number of nitrogens with zero attached hydrogens (tertiary/aromatic N) is 1. The van der Waals surface area contributed by atoms with Crippen LogP contribution in [0.1, 0.15) is 37.0 Å². The summed E-state index contributed by atoms with van der Waals surface area (Å²) in [6, 6.07) is 27.4. The number of hydrogen-bond donors (Lipinski definition) is 1. The van der Waals surface area contributed by atoms with Crippen molar-refractivity contribution in [3.8, 4) is 0 Å².